The Kier molecular flexibility index (Phi) is 6.29. The van der Waals surface area contributed by atoms with Gasteiger partial charge in [0.1, 0.15) is 0 Å². The number of carbonyl (C=O) groups excluding carboxylic acids is 2. The van der Waals surface area contributed by atoms with E-state index in [-0.39, 0.29) is 13.0 Å². The summed E-state index contributed by atoms with van der Waals surface area (Å²) >= 11 is 0. The lowest BCUT2D eigenvalue weighted by Gasteiger charge is -2.10. The summed E-state index contributed by atoms with van der Waals surface area (Å²) in [7, 11) is 1.27. The van der Waals surface area contributed by atoms with Gasteiger partial charge in [0.15, 0.2) is 12.0 Å². The van der Waals surface area contributed by atoms with Crippen LogP contribution >= 0.6 is 0 Å². The van der Waals surface area contributed by atoms with Gasteiger partial charge in [-0.15, -0.1) is 0 Å². The number of aromatic amines is 1. The Labute approximate surface area is 145 Å². The maximum absolute atomic E-state index is 12.0. The second-order valence-electron chi connectivity index (χ2n) is 5.26. The number of ether oxygens (including phenoxy) is 2. The van der Waals surface area contributed by atoms with Crippen molar-refractivity contribution in [3.63, 3.8) is 0 Å². The van der Waals surface area contributed by atoms with E-state index in [0.29, 0.717) is 0 Å². The largest absolute Gasteiger partial charge is 0.467 e. The Morgan fingerprint density at radius 1 is 1.36 bits per heavy atom. The number of methoxy groups -OCH3 is 1. The van der Waals surface area contributed by atoms with Crippen molar-refractivity contribution in [1.82, 2.24) is 4.98 Å². The molecule has 0 saturated carbocycles. The minimum absolute atomic E-state index is 0.167. The topological polar surface area (TPSA) is 105 Å². The fraction of sp³-hybridized carbons (Fsp3) is 0.333. The van der Waals surface area contributed by atoms with Crippen LogP contribution in [-0.4, -0.2) is 42.9 Å². The summed E-state index contributed by atoms with van der Waals surface area (Å²) in [6.45, 7) is 1.82. The van der Waals surface area contributed by atoms with Gasteiger partial charge in [-0.05, 0) is 18.6 Å². The van der Waals surface area contributed by atoms with Gasteiger partial charge in [-0.3, -0.25) is 9.79 Å². The number of nitrogens with one attached hydrogen (secondary N) is 1. The van der Waals surface area contributed by atoms with Crippen LogP contribution in [0.4, 0.5) is 0 Å². The van der Waals surface area contributed by atoms with E-state index >= 15 is 0 Å². The van der Waals surface area contributed by atoms with Gasteiger partial charge >= 0.3 is 11.9 Å². The Morgan fingerprint density at radius 3 is 2.80 bits per heavy atom. The molecule has 25 heavy (non-hydrogen) atoms. The van der Waals surface area contributed by atoms with Crippen molar-refractivity contribution in [3.05, 3.63) is 36.0 Å². The van der Waals surface area contributed by atoms with Crippen molar-refractivity contribution >= 4 is 29.1 Å². The number of rotatable bonds is 7. The molecule has 0 saturated heterocycles. The summed E-state index contributed by atoms with van der Waals surface area (Å²) in [6.07, 6.45) is 3.24. The monoisotopic (exact) mass is 341 g/mol. The highest BCUT2D eigenvalue weighted by molar-refractivity contribution is 5.94. The quantitative estimate of drug-likeness (QED) is 0.613. The average molecular weight is 341 g/mol. The maximum Gasteiger partial charge on any atom is 0.330 e. The number of para-hydroxylation sites is 1. The van der Waals surface area contributed by atoms with Crippen molar-refractivity contribution in [1.29, 1.82) is 5.26 Å². The second-order valence-corrected chi connectivity index (χ2v) is 5.26. The molecule has 2 aromatic rings. The molecule has 0 spiro atoms. The van der Waals surface area contributed by atoms with Gasteiger partial charge in [-0.2, -0.15) is 5.26 Å². The van der Waals surface area contributed by atoms with Crippen molar-refractivity contribution < 1.29 is 19.1 Å². The molecular formula is C18H19N3O4. The number of aromatic nitrogens is 1. The van der Waals surface area contributed by atoms with Crippen LogP contribution in [0.1, 0.15) is 12.5 Å². The lowest BCUT2D eigenvalue weighted by atomic mass is 10.1. The summed E-state index contributed by atoms with van der Waals surface area (Å²) in [5, 5.41) is 10.0. The Balaban J connectivity index is 2.22. The number of H-pyrrole nitrogens is 1. The molecule has 0 amide bonds. The number of carbonyl (C=O) groups is 2. The van der Waals surface area contributed by atoms with E-state index in [1.165, 1.54) is 7.11 Å². The van der Waals surface area contributed by atoms with E-state index in [4.69, 9.17) is 14.7 Å². The third-order valence-corrected chi connectivity index (χ3v) is 3.66. The molecule has 2 rings (SSSR count). The highest BCUT2D eigenvalue weighted by Crippen LogP contribution is 2.20. The van der Waals surface area contributed by atoms with Crippen LogP contribution in [-0.2, 0) is 25.5 Å². The second kappa shape index (κ2) is 8.64. The zero-order valence-electron chi connectivity index (χ0n) is 14.1. The molecule has 0 aliphatic rings. The van der Waals surface area contributed by atoms with E-state index in [2.05, 4.69) is 9.98 Å². The number of benzene rings is 1. The average Bonchev–Trinajstić information content (AvgIpc) is 3.04. The molecule has 0 unspecified atom stereocenters. The van der Waals surface area contributed by atoms with Crippen molar-refractivity contribution in [2.24, 2.45) is 10.9 Å². The normalized spacial score (nSPS) is 13.3. The van der Waals surface area contributed by atoms with Gasteiger partial charge in [0.2, 0.25) is 0 Å². The standard InChI is InChI=1S/C18H19N3O4/c1-3-25-17(22)13(9-19)11-21-16(18(23)24-2)8-12-10-20-15-7-5-4-6-14(12)15/h4-7,10-11,13,16,20H,3,8H2,1-2H3/t13-,16-/m1/s1. The highest BCUT2D eigenvalue weighted by Gasteiger charge is 2.22. The van der Waals surface area contributed by atoms with Crippen molar-refractivity contribution in [2.75, 3.05) is 13.7 Å². The van der Waals surface area contributed by atoms with E-state index < -0.39 is 23.9 Å². The van der Waals surface area contributed by atoms with Crippen LogP contribution in [0.3, 0.4) is 0 Å². The first kappa shape index (κ1) is 18.2. The molecule has 0 aliphatic carbocycles. The van der Waals surface area contributed by atoms with Gasteiger partial charge in [0.05, 0.1) is 19.8 Å². The van der Waals surface area contributed by atoms with E-state index in [1.807, 2.05) is 30.5 Å². The fourth-order valence-corrected chi connectivity index (χ4v) is 2.41. The number of nitrogens with zero attached hydrogens (tertiary/aromatic N) is 2. The Morgan fingerprint density at radius 2 is 2.12 bits per heavy atom. The summed E-state index contributed by atoms with van der Waals surface area (Å²) in [5.74, 6) is -2.39. The molecule has 0 radical (unpaired) electrons. The molecule has 1 aromatic heterocycles. The highest BCUT2D eigenvalue weighted by atomic mass is 16.5. The van der Waals surface area contributed by atoms with Gasteiger partial charge < -0.3 is 14.5 Å². The number of fused-ring (bicyclic) bond motifs is 1. The molecule has 7 nitrogen and oxygen atoms in total. The lowest BCUT2D eigenvalue weighted by molar-refractivity contribution is -0.144. The van der Waals surface area contributed by atoms with Gasteiger partial charge in [0, 0.05) is 29.7 Å². The van der Waals surface area contributed by atoms with Crippen LogP contribution < -0.4 is 0 Å². The number of hydrogen-bond acceptors (Lipinski definition) is 6. The predicted octanol–water partition coefficient (Wildman–Crippen LogP) is 2.03. The number of aliphatic imine (C=N–C) groups is 1. The van der Waals surface area contributed by atoms with E-state index in [1.54, 1.807) is 13.0 Å². The van der Waals surface area contributed by atoms with Gasteiger partial charge in [-0.25, -0.2) is 4.79 Å². The first-order valence-corrected chi connectivity index (χ1v) is 7.83. The number of hydrogen-bond donors (Lipinski definition) is 1. The molecule has 1 N–H and O–H groups in total. The van der Waals surface area contributed by atoms with Crippen molar-refractivity contribution in [3.8, 4) is 6.07 Å². The smallest absolute Gasteiger partial charge is 0.330 e. The van der Waals surface area contributed by atoms with Gasteiger partial charge in [-0.1, -0.05) is 18.2 Å². The van der Waals surface area contributed by atoms with Crippen LogP contribution in [0.15, 0.2) is 35.5 Å². The predicted molar refractivity (Wildman–Crippen MR) is 92.0 cm³/mol. The lowest BCUT2D eigenvalue weighted by Crippen LogP contribution is -2.25. The minimum Gasteiger partial charge on any atom is -0.467 e. The molecular weight excluding hydrogens is 322 g/mol. The summed E-state index contributed by atoms with van der Waals surface area (Å²) in [6, 6.07) is 8.64. The summed E-state index contributed by atoms with van der Waals surface area (Å²) in [4.78, 5) is 30.9. The molecule has 7 heteroatoms. The Bertz CT molecular complexity index is 819. The van der Waals surface area contributed by atoms with E-state index in [9.17, 15) is 9.59 Å². The minimum atomic E-state index is -1.16. The molecule has 0 aliphatic heterocycles. The summed E-state index contributed by atoms with van der Waals surface area (Å²) < 4.78 is 9.59. The number of esters is 2. The zero-order valence-corrected chi connectivity index (χ0v) is 14.1. The maximum atomic E-state index is 12.0. The SMILES string of the molecule is CCOC(=O)[C@H](C#N)C=N[C@H](Cc1c[nH]c2ccccc12)C(=O)OC. The third kappa shape index (κ3) is 4.44. The first-order valence-electron chi connectivity index (χ1n) is 7.83. The number of nitriles is 1. The van der Waals surface area contributed by atoms with Crippen LogP contribution in [0, 0.1) is 17.2 Å². The van der Waals surface area contributed by atoms with Crippen LogP contribution in [0.25, 0.3) is 10.9 Å². The van der Waals surface area contributed by atoms with Crippen molar-refractivity contribution in [2.45, 2.75) is 19.4 Å². The van der Waals surface area contributed by atoms with Crippen LogP contribution in [0.5, 0.6) is 0 Å². The first-order chi connectivity index (χ1) is 12.1. The summed E-state index contributed by atoms with van der Waals surface area (Å²) in [5.41, 5.74) is 1.85. The van der Waals surface area contributed by atoms with E-state index in [0.717, 1.165) is 22.7 Å². The molecule has 1 heterocycles. The fourth-order valence-electron chi connectivity index (χ4n) is 2.41. The molecule has 2 atom stereocenters. The zero-order chi connectivity index (χ0) is 18.2. The third-order valence-electron chi connectivity index (χ3n) is 3.66. The molecule has 130 valence electrons. The van der Waals surface area contributed by atoms with Gasteiger partial charge in [0.25, 0.3) is 0 Å². The molecule has 1 aromatic carbocycles. The Hall–Kier alpha value is -3.14. The molecule has 0 bridgehead atoms. The molecule has 0 fully saturated rings. The van der Waals surface area contributed by atoms with Crippen LogP contribution in [0.2, 0.25) is 0 Å².